The Morgan fingerprint density at radius 3 is 2.40 bits per heavy atom. The van der Waals surface area contributed by atoms with Crippen molar-refractivity contribution >= 4 is 35.8 Å². The molecule has 2 heterocycles. The van der Waals surface area contributed by atoms with E-state index in [0.717, 1.165) is 50.9 Å². The number of nitrogens with zero attached hydrogens (tertiary/aromatic N) is 3. The average molecular weight is 465 g/mol. The van der Waals surface area contributed by atoms with Gasteiger partial charge in [0.25, 0.3) is 0 Å². The SMILES string of the molecule is CCNC(=NCC(=O)N1CCCC1)NCC(C)N1CCC(C)CC1.I. The average Bonchev–Trinajstić information content (AvgIpc) is 3.12. The Hall–Kier alpha value is -0.570. The summed E-state index contributed by atoms with van der Waals surface area (Å²) in [5.41, 5.74) is 0. The Balaban J connectivity index is 0.00000312. The van der Waals surface area contributed by atoms with Crippen LogP contribution in [-0.4, -0.2) is 73.5 Å². The summed E-state index contributed by atoms with van der Waals surface area (Å²) in [6.45, 7) is 12.7. The number of hydrogen-bond donors (Lipinski definition) is 2. The molecule has 1 unspecified atom stereocenters. The predicted octanol–water partition coefficient (Wildman–Crippen LogP) is 1.90. The van der Waals surface area contributed by atoms with E-state index in [4.69, 9.17) is 0 Å². The van der Waals surface area contributed by atoms with Crippen molar-refractivity contribution in [1.29, 1.82) is 0 Å². The number of halogens is 1. The number of carbonyl (C=O) groups excluding carboxylic acids is 1. The third-order valence-electron chi connectivity index (χ3n) is 5.18. The van der Waals surface area contributed by atoms with Crippen LogP contribution in [0, 0.1) is 5.92 Å². The fourth-order valence-electron chi connectivity index (χ4n) is 3.40. The molecule has 0 aromatic carbocycles. The minimum atomic E-state index is 0. The summed E-state index contributed by atoms with van der Waals surface area (Å²) in [6.07, 6.45) is 4.84. The molecule has 6 nitrogen and oxygen atoms in total. The Bertz CT molecular complexity index is 418. The Kier molecular flexibility index (Phi) is 10.7. The van der Waals surface area contributed by atoms with Crippen LogP contribution in [0.5, 0.6) is 0 Å². The van der Waals surface area contributed by atoms with E-state index in [-0.39, 0.29) is 36.4 Å². The van der Waals surface area contributed by atoms with E-state index in [1.54, 1.807) is 0 Å². The first-order chi connectivity index (χ1) is 11.6. The molecular weight excluding hydrogens is 429 g/mol. The summed E-state index contributed by atoms with van der Waals surface area (Å²) in [6, 6.07) is 0.482. The van der Waals surface area contributed by atoms with Crippen LogP contribution in [0.2, 0.25) is 0 Å². The van der Waals surface area contributed by atoms with Gasteiger partial charge in [0.15, 0.2) is 5.96 Å². The van der Waals surface area contributed by atoms with E-state index in [0.29, 0.717) is 6.04 Å². The monoisotopic (exact) mass is 465 g/mol. The number of aliphatic imine (C=N–C) groups is 1. The third-order valence-corrected chi connectivity index (χ3v) is 5.18. The van der Waals surface area contributed by atoms with Crippen molar-refractivity contribution < 1.29 is 4.79 Å². The highest BCUT2D eigenvalue weighted by Crippen LogP contribution is 2.17. The van der Waals surface area contributed by atoms with E-state index >= 15 is 0 Å². The smallest absolute Gasteiger partial charge is 0.244 e. The van der Waals surface area contributed by atoms with Crippen LogP contribution in [-0.2, 0) is 4.79 Å². The molecule has 1 atom stereocenters. The summed E-state index contributed by atoms with van der Waals surface area (Å²) in [7, 11) is 0. The highest BCUT2D eigenvalue weighted by molar-refractivity contribution is 14.0. The van der Waals surface area contributed by atoms with Crippen molar-refractivity contribution in [1.82, 2.24) is 20.4 Å². The maximum absolute atomic E-state index is 12.1. The molecule has 0 aromatic heterocycles. The van der Waals surface area contributed by atoms with Gasteiger partial charge in [-0.2, -0.15) is 0 Å². The number of rotatable bonds is 6. The fourth-order valence-corrected chi connectivity index (χ4v) is 3.40. The van der Waals surface area contributed by atoms with E-state index in [9.17, 15) is 4.79 Å². The zero-order chi connectivity index (χ0) is 17.4. The molecule has 0 bridgehead atoms. The topological polar surface area (TPSA) is 60.0 Å². The molecule has 0 radical (unpaired) electrons. The second-order valence-electron chi connectivity index (χ2n) is 7.23. The summed E-state index contributed by atoms with van der Waals surface area (Å²) in [4.78, 5) is 21.1. The van der Waals surface area contributed by atoms with Gasteiger partial charge in [0.2, 0.25) is 5.91 Å². The van der Waals surface area contributed by atoms with Gasteiger partial charge in [-0.1, -0.05) is 6.92 Å². The first-order valence-corrected chi connectivity index (χ1v) is 9.64. The van der Waals surface area contributed by atoms with Crippen LogP contribution in [0.15, 0.2) is 4.99 Å². The lowest BCUT2D eigenvalue weighted by molar-refractivity contribution is -0.128. The molecule has 146 valence electrons. The quantitative estimate of drug-likeness (QED) is 0.358. The summed E-state index contributed by atoms with van der Waals surface area (Å²) in [5.74, 6) is 1.75. The van der Waals surface area contributed by atoms with Gasteiger partial charge in [0.05, 0.1) is 0 Å². The highest BCUT2D eigenvalue weighted by Gasteiger charge is 2.20. The van der Waals surface area contributed by atoms with Crippen LogP contribution in [0.25, 0.3) is 0 Å². The summed E-state index contributed by atoms with van der Waals surface area (Å²) >= 11 is 0. The lowest BCUT2D eigenvalue weighted by Crippen LogP contribution is -2.48. The molecule has 2 aliphatic rings. The Labute approximate surface area is 170 Å². The number of carbonyl (C=O) groups is 1. The van der Waals surface area contributed by atoms with Gasteiger partial charge in [-0.3, -0.25) is 9.69 Å². The van der Waals surface area contributed by atoms with Gasteiger partial charge in [-0.15, -0.1) is 24.0 Å². The Morgan fingerprint density at radius 1 is 1.16 bits per heavy atom. The van der Waals surface area contributed by atoms with Crippen LogP contribution in [0.4, 0.5) is 0 Å². The lowest BCUT2D eigenvalue weighted by Gasteiger charge is -2.35. The fraction of sp³-hybridized carbons (Fsp3) is 0.889. The van der Waals surface area contributed by atoms with Crippen molar-refractivity contribution in [2.24, 2.45) is 10.9 Å². The van der Waals surface area contributed by atoms with Crippen molar-refractivity contribution in [3.8, 4) is 0 Å². The van der Waals surface area contributed by atoms with Gasteiger partial charge in [-0.05, 0) is 58.5 Å². The maximum Gasteiger partial charge on any atom is 0.244 e. The minimum Gasteiger partial charge on any atom is -0.357 e. The standard InChI is InChI=1S/C18H35N5O.HI/c1-4-19-18(21-14-17(24)23-9-5-6-10-23)20-13-16(3)22-11-7-15(2)8-12-22;/h15-16H,4-14H2,1-3H3,(H2,19,20,21);1H. The molecular formula is C18H36IN5O. The summed E-state index contributed by atoms with van der Waals surface area (Å²) < 4.78 is 0. The number of guanidine groups is 1. The van der Waals surface area contributed by atoms with Crippen LogP contribution >= 0.6 is 24.0 Å². The van der Waals surface area contributed by atoms with E-state index in [1.807, 2.05) is 4.90 Å². The van der Waals surface area contributed by atoms with Gasteiger partial charge >= 0.3 is 0 Å². The largest absolute Gasteiger partial charge is 0.357 e. The molecule has 2 rings (SSSR count). The second-order valence-corrected chi connectivity index (χ2v) is 7.23. The second kappa shape index (κ2) is 11.9. The molecule has 0 spiro atoms. The minimum absolute atomic E-state index is 0. The highest BCUT2D eigenvalue weighted by atomic mass is 127. The van der Waals surface area contributed by atoms with Crippen molar-refractivity contribution in [3.05, 3.63) is 0 Å². The van der Waals surface area contributed by atoms with Crippen LogP contribution in [0.3, 0.4) is 0 Å². The number of amides is 1. The van der Waals surface area contributed by atoms with E-state index in [2.05, 4.69) is 41.3 Å². The van der Waals surface area contributed by atoms with Gasteiger partial charge in [0, 0.05) is 32.2 Å². The van der Waals surface area contributed by atoms with Crippen molar-refractivity contribution in [2.75, 3.05) is 45.8 Å². The van der Waals surface area contributed by atoms with Gasteiger partial charge < -0.3 is 15.5 Å². The molecule has 2 fully saturated rings. The molecule has 25 heavy (non-hydrogen) atoms. The van der Waals surface area contributed by atoms with E-state index < -0.39 is 0 Å². The molecule has 2 N–H and O–H groups in total. The zero-order valence-corrected chi connectivity index (χ0v) is 18.4. The first kappa shape index (κ1) is 22.5. The number of nitrogens with one attached hydrogen (secondary N) is 2. The zero-order valence-electron chi connectivity index (χ0n) is 16.1. The van der Waals surface area contributed by atoms with Crippen molar-refractivity contribution in [2.45, 2.75) is 52.5 Å². The third kappa shape index (κ3) is 7.68. The first-order valence-electron chi connectivity index (χ1n) is 9.64. The maximum atomic E-state index is 12.1. The molecule has 7 heteroatoms. The van der Waals surface area contributed by atoms with Crippen LogP contribution in [0.1, 0.15) is 46.5 Å². The number of piperidine rings is 1. The normalized spacial score (nSPS) is 20.9. The molecule has 1 amide bonds. The molecule has 2 saturated heterocycles. The summed E-state index contributed by atoms with van der Waals surface area (Å²) in [5, 5.41) is 6.64. The molecule has 0 aromatic rings. The molecule has 2 aliphatic heterocycles. The molecule has 0 saturated carbocycles. The number of likely N-dealkylation sites (tertiary alicyclic amines) is 2. The van der Waals surface area contributed by atoms with E-state index in [1.165, 1.54) is 25.9 Å². The van der Waals surface area contributed by atoms with Gasteiger partial charge in [-0.25, -0.2) is 4.99 Å². The predicted molar refractivity (Wildman–Crippen MR) is 115 cm³/mol. The molecule has 0 aliphatic carbocycles. The Morgan fingerprint density at radius 2 is 1.80 bits per heavy atom. The van der Waals surface area contributed by atoms with Crippen LogP contribution < -0.4 is 10.6 Å². The van der Waals surface area contributed by atoms with Gasteiger partial charge in [0.1, 0.15) is 6.54 Å². The van der Waals surface area contributed by atoms with Crippen molar-refractivity contribution in [3.63, 3.8) is 0 Å². The lowest BCUT2D eigenvalue weighted by atomic mass is 9.98. The number of hydrogen-bond acceptors (Lipinski definition) is 3.